The molecule has 1 rings (SSSR count). The summed E-state index contributed by atoms with van der Waals surface area (Å²) in [7, 11) is 1.51. The van der Waals surface area contributed by atoms with Crippen LogP contribution in [0.15, 0.2) is 14.9 Å². The second-order valence-electron chi connectivity index (χ2n) is 6.95. The molecule has 1 aromatic rings. The van der Waals surface area contributed by atoms with Crippen molar-refractivity contribution in [3.8, 4) is 0 Å². The fourth-order valence-corrected chi connectivity index (χ4v) is 3.59. The summed E-state index contributed by atoms with van der Waals surface area (Å²) in [4.78, 5) is 20.7. The first-order valence-corrected chi connectivity index (χ1v) is 8.95. The Morgan fingerprint density at radius 2 is 1.96 bits per heavy atom. The van der Waals surface area contributed by atoms with Crippen LogP contribution in [0.2, 0.25) is 0 Å². The quantitative estimate of drug-likeness (QED) is 0.324. The Balaban J connectivity index is 0.00000484. The van der Waals surface area contributed by atoms with Crippen LogP contribution in [0.3, 0.4) is 0 Å². The van der Waals surface area contributed by atoms with Crippen LogP contribution in [0, 0.1) is 5.41 Å². The second kappa shape index (κ2) is 9.03. The highest BCUT2D eigenvalue weighted by Gasteiger charge is 2.22. The number of carbonyl (C=O) groups is 1. The van der Waals surface area contributed by atoms with Crippen LogP contribution in [0.1, 0.15) is 47.2 Å². The van der Waals surface area contributed by atoms with E-state index in [0.717, 1.165) is 15.7 Å². The van der Waals surface area contributed by atoms with Crippen LogP contribution in [0.25, 0.3) is 0 Å². The third-order valence-electron chi connectivity index (χ3n) is 2.89. The molecule has 132 valence electrons. The van der Waals surface area contributed by atoms with Crippen molar-refractivity contribution in [3.63, 3.8) is 0 Å². The summed E-state index contributed by atoms with van der Waals surface area (Å²) in [6.45, 7) is 12.6. The van der Waals surface area contributed by atoms with Gasteiger partial charge >= 0.3 is 6.09 Å². The highest BCUT2D eigenvalue weighted by Crippen LogP contribution is 2.30. The van der Waals surface area contributed by atoms with Crippen molar-refractivity contribution in [3.05, 3.63) is 11.1 Å². The van der Waals surface area contributed by atoms with E-state index in [1.54, 1.807) is 23.1 Å². The number of thioether (sulfide) groups is 1. The standard InChI is InChI=1S/C15H25N3O2S2.BrH/c1-14(2,3)10-8-21-13(17-10)22-9-11(15(4,5)6)18-20-12(19)16-7;/h8H,9H2,1-7H3,(H,16,19);1H/b18-11-;. The molecule has 1 amide bonds. The molecular formula is C15H26BrN3O2S2. The third kappa shape index (κ3) is 7.67. The van der Waals surface area contributed by atoms with Gasteiger partial charge in [0, 0.05) is 29.0 Å². The molecule has 1 heterocycles. The molecule has 0 aliphatic heterocycles. The Kier molecular flexibility index (Phi) is 8.80. The summed E-state index contributed by atoms with van der Waals surface area (Å²) >= 11 is 3.25. The number of aromatic nitrogens is 1. The zero-order chi connectivity index (χ0) is 17.0. The van der Waals surface area contributed by atoms with Crippen molar-refractivity contribution < 1.29 is 9.63 Å². The van der Waals surface area contributed by atoms with Crippen molar-refractivity contribution in [2.45, 2.75) is 51.3 Å². The Hall–Kier alpha value is -0.600. The predicted molar refractivity (Wildman–Crippen MR) is 104 cm³/mol. The molecule has 8 heteroatoms. The van der Waals surface area contributed by atoms with Gasteiger partial charge in [0.05, 0.1) is 11.4 Å². The minimum absolute atomic E-state index is 0. The monoisotopic (exact) mass is 423 g/mol. The van der Waals surface area contributed by atoms with Crippen molar-refractivity contribution in [1.29, 1.82) is 0 Å². The lowest BCUT2D eigenvalue weighted by atomic mass is 9.91. The van der Waals surface area contributed by atoms with E-state index in [4.69, 9.17) is 4.84 Å². The van der Waals surface area contributed by atoms with Crippen molar-refractivity contribution in [2.75, 3.05) is 12.8 Å². The minimum atomic E-state index is -0.559. The third-order valence-corrected chi connectivity index (χ3v) is 4.92. The van der Waals surface area contributed by atoms with E-state index in [0.29, 0.717) is 5.75 Å². The van der Waals surface area contributed by atoms with Crippen molar-refractivity contribution >= 4 is 51.9 Å². The normalized spacial score (nSPS) is 12.6. The molecule has 0 aliphatic rings. The first-order valence-electron chi connectivity index (χ1n) is 7.09. The van der Waals surface area contributed by atoms with Gasteiger partial charge in [0.25, 0.3) is 0 Å². The summed E-state index contributed by atoms with van der Waals surface area (Å²) in [5.41, 5.74) is 1.79. The van der Waals surface area contributed by atoms with Gasteiger partial charge in [-0.2, -0.15) is 0 Å². The topological polar surface area (TPSA) is 63.6 Å². The lowest BCUT2D eigenvalue weighted by molar-refractivity contribution is 0.152. The van der Waals surface area contributed by atoms with E-state index in [9.17, 15) is 4.79 Å². The molecule has 0 bridgehead atoms. The molecule has 5 nitrogen and oxygen atoms in total. The average molecular weight is 424 g/mol. The first kappa shape index (κ1) is 22.4. The summed E-state index contributed by atoms with van der Waals surface area (Å²) in [5, 5.41) is 8.47. The number of halogens is 1. The molecule has 0 saturated carbocycles. The van der Waals surface area contributed by atoms with Crippen LogP contribution in [0.4, 0.5) is 4.79 Å². The molecule has 0 spiro atoms. The number of carbonyl (C=O) groups excluding carboxylic acids is 1. The summed E-state index contributed by atoms with van der Waals surface area (Å²) in [6.07, 6.45) is -0.559. The van der Waals surface area contributed by atoms with E-state index in [1.807, 2.05) is 20.8 Å². The largest absolute Gasteiger partial charge is 0.433 e. The zero-order valence-corrected chi connectivity index (χ0v) is 18.1. The van der Waals surface area contributed by atoms with E-state index in [2.05, 4.69) is 41.6 Å². The summed E-state index contributed by atoms with van der Waals surface area (Å²) in [5.74, 6) is 0.636. The van der Waals surface area contributed by atoms with Gasteiger partial charge in [-0.3, -0.25) is 4.84 Å². The van der Waals surface area contributed by atoms with E-state index in [-0.39, 0.29) is 27.8 Å². The highest BCUT2D eigenvalue weighted by atomic mass is 79.9. The summed E-state index contributed by atoms with van der Waals surface area (Å²) in [6, 6.07) is 0. The molecule has 0 radical (unpaired) electrons. The Morgan fingerprint density at radius 1 is 1.35 bits per heavy atom. The molecular weight excluding hydrogens is 398 g/mol. The minimum Gasteiger partial charge on any atom is -0.323 e. The number of thiazole rings is 1. The molecule has 23 heavy (non-hydrogen) atoms. The fraction of sp³-hybridized carbons (Fsp3) is 0.667. The van der Waals surface area contributed by atoms with Gasteiger partial charge in [0.15, 0.2) is 4.34 Å². The maximum atomic E-state index is 11.2. The molecule has 0 fully saturated rings. The van der Waals surface area contributed by atoms with Gasteiger partial charge in [0.2, 0.25) is 0 Å². The van der Waals surface area contributed by atoms with Gasteiger partial charge in [0.1, 0.15) is 0 Å². The van der Waals surface area contributed by atoms with Crippen LogP contribution >= 0.6 is 40.1 Å². The first-order chi connectivity index (χ1) is 10.0. The summed E-state index contributed by atoms with van der Waals surface area (Å²) < 4.78 is 1.00. The molecule has 1 aromatic heterocycles. The SMILES string of the molecule is Br.CNC(=O)O/N=C(/CSc1nc(C(C)(C)C)cs1)C(C)(C)C. The fourth-order valence-electron chi connectivity index (χ4n) is 1.32. The molecule has 0 saturated heterocycles. The van der Waals surface area contributed by atoms with Crippen LogP contribution in [0.5, 0.6) is 0 Å². The number of hydrogen-bond acceptors (Lipinski definition) is 6. The number of amides is 1. The predicted octanol–water partition coefficient (Wildman–Crippen LogP) is 4.87. The Morgan fingerprint density at radius 3 is 2.39 bits per heavy atom. The number of rotatable bonds is 4. The molecule has 0 unspecified atom stereocenters. The number of oxime groups is 1. The molecule has 0 aromatic carbocycles. The Labute approximate surface area is 157 Å². The second-order valence-corrected chi connectivity index (χ2v) is 9.03. The van der Waals surface area contributed by atoms with E-state index in [1.165, 1.54) is 7.05 Å². The van der Waals surface area contributed by atoms with Gasteiger partial charge in [-0.15, -0.1) is 28.3 Å². The molecule has 0 atom stereocenters. The van der Waals surface area contributed by atoms with Crippen LogP contribution in [-0.2, 0) is 10.3 Å². The van der Waals surface area contributed by atoms with Crippen molar-refractivity contribution in [2.24, 2.45) is 10.6 Å². The maximum Gasteiger partial charge on any atom is 0.433 e. The smallest absolute Gasteiger partial charge is 0.323 e. The molecule has 1 N–H and O–H groups in total. The van der Waals surface area contributed by atoms with Gasteiger partial charge < -0.3 is 5.32 Å². The zero-order valence-electron chi connectivity index (χ0n) is 14.7. The number of hydrogen-bond donors (Lipinski definition) is 1. The highest BCUT2D eigenvalue weighted by molar-refractivity contribution is 8.93. The van der Waals surface area contributed by atoms with Crippen LogP contribution < -0.4 is 5.32 Å². The number of nitrogens with zero attached hydrogens (tertiary/aromatic N) is 2. The van der Waals surface area contributed by atoms with Gasteiger partial charge in [-0.05, 0) is 0 Å². The average Bonchev–Trinajstić information content (AvgIpc) is 2.85. The van der Waals surface area contributed by atoms with Gasteiger partial charge in [-0.25, -0.2) is 9.78 Å². The number of nitrogens with one attached hydrogen (secondary N) is 1. The maximum absolute atomic E-state index is 11.2. The van der Waals surface area contributed by atoms with Gasteiger partial charge in [-0.1, -0.05) is 58.5 Å². The van der Waals surface area contributed by atoms with Crippen molar-refractivity contribution in [1.82, 2.24) is 10.3 Å². The Bertz CT molecular complexity index is 546. The van der Waals surface area contributed by atoms with E-state index < -0.39 is 6.09 Å². The lowest BCUT2D eigenvalue weighted by Gasteiger charge is -2.19. The lowest BCUT2D eigenvalue weighted by Crippen LogP contribution is -2.25. The molecule has 0 aliphatic carbocycles. The van der Waals surface area contributed by atoms with Crippen LogP contribution in [-0.4, -0.2) is 29.6 Å². The van der Waals surface area contributed by atoms with E-state index >= 15 is 0 Å².